The van der Waals surface area contributed by atoms with E-state index in [1.807, 2.05) is 39.8 Å². The van der Waals surface area contributed by atoms with E-state index in [9.17, 15) is 19.5 Å². The molecule has 1 saturated heterocycles. The Labute approximate surface area is 173 Å². The van der Waals surface area contributed by atoms with Gasteiger partial charge in [0, 0.05) is 12.0 Å². The molecular formula is C22H36N2O5. The molecule has 7 heteroatoms. The van der Waals surface area contributed by atoms with Crippen molar-refractivity contribution in [3.05, 3.63) is 12.2 Å². The Bertz CT molecular complexity index is 629. The number of esters is 1. The van der Waals surface area contributed by atoms with Crippen LogP contribution in [0, 0.1) is 23.7 Å². The third kappa shape index (κ3) is 4.65. The molecule has 2 aliphatic rings. The van der Waals surface area contributed by atoms with E-state index in [2.05, 4.69) is 5.32 Å². The molecule has 0 bridgehead atoms. The smallest absolute Gasteiger partial charge is 0.310 e. The van der Waals surface area contributed by atoms with Crippen molar-refractivity contribution in [1.82, 2.24) is 10.2 Å². The van der Waals surface area contributed by atoms with Gasteiger partial charge in [-0.05, 0) is 39.5 Å². The first-order chi connectivity index (χ1) is 13.8. The lowest BCUT2D eigenvalue weighted by Crippen LogP contribution is -2.53. The van der Waals surface area contributed by atoms with Crippen molar-refractivity contribution in [1.29, 1.82) is 0 Å². The van der Waals surface area contributed by atoms with Crippen molar-refractivity contribution in [2.24, 2.45) is 23.7 Å². The zero-order valence-corrected chi connectivity index (χ0v) is 18.3. The number of carbonyl (C=O) groups is 3. The zero-order chi connectivity index (χ0) is 21.7. The van der Waals surface area contributed by atoms with E-state index in [1.54, 1.807) is 6.92 Å². The van der Waals surface area contributed by atoms with E-state index >= 15 is 0 Å². The Kier molecular flexibility index (Phi) is 8.25. The molecule has 0 aromatic heterocycles. The van der Waals surface area contributed by atoms with Crippen LogP contribution in [0.4, 0.5) is 0 Å². The molecule has 7 nitrogen and oxygen atoms in total. The highest BCUT2D eigenvalue weighted by molar-refractivity contribution is 5.96. The summed E-state index contributed by atoms with van der Waals surface area (Å²) in [4.78, 5) is 41.0. The van der Waals surface area contributed by atoms with Gasteiger partial charge in [-0.2, -0.15) is 0 Å². The first kappa shape index (κ1) is 23.4. The molecule has 0 spiro atoms. The lowest BCUT2D eigenvalue weighted by molar-refractivity contribution is -0.156. The topological polar surface area (TPSA) is 95.9 Å². The first-order valence-corrected chi connectivity index (χ1v) is 10.9. The summed E-state index contributed by atoms with van der Waals surface area (Å²) in [7, 11) is 0. The van der Waals surface area contributed by atoms with Gasteiger partial charge in [-0.25, -0.2) is 0 Å². The highest BCUT2D eigenvalue weighted by Gasteiger charge is 2.58. The summed E-state index contributed by atoms with van der Waals surface area (Å²) in [5.41, 5.74) is 0. The molecule has 2 N–H and O–H groups in total. The van der Waals surface area contributed by atoms with Gasteiger partial charge in [-0.15, -0.1) is 0 Å². The fraction of sp³-hybridized carbons (Fsp3) is 0.773. The number of allylic oxidation sites excluding steroid dienone is 1. The van der Waals surface area contributed by atoms with E-state index in [-0.39, 0.29) is 43.0 Å². The fourth-order valence-corrected chi connectivity index (χ4v) is 4.79. The first-order valence-electron chi connectivity index (χ1n) is 10.9. The summed E-state index contributed by atoms with van der Waals surface area (Å²) >= 11 is 0. The van der Waals surface area contributed by atoms with Crippen LogP contribution in [0.3, 0.4) is 0 Å². The number of hydrogen-bond donors (Lipinski definition) is 2. The predicted molar refractivity (Wildman–Crippen MR) is 110 cm³/mol. The molecule has 29 heavy (non-hydrogen) atoms. The number of aliphatic hydroxyl groups is 1. The zero-order valence-electron chi connectivity index (χ0n) is 18.3. The van der Waals surface area contributed by atoms with Gasteiger partial charge in [0.05, 0.1) is 31.1 Å². The van der Waals surface area contributed by atoms with Gasteiger partial charge >= 0.3 is 5.97 Å². The summed E-state index contributed by atoms with van der Waals surface area (Å²) in [6.45, 7) is 9.45. The second kappa shape index (κ2) is 10.2. The average Bonchev–Trinajstić information content (AvgIpc) is 2.95. The highest BCUT2D eigenvalue weighted by atomic mass is 16.5. The SMILES string of the molecule is CCC[C@@H]1C=C[C@H]2[C@H](C(=O)N([C@@H](CC)CO)[C@@H]2C(=O)NC(C)C)[C@@H]1C(=O)OCC. The number of nitrogens with one attached hydrogen (secondary N) is 1. The molecule has 0 saturated carbocycles. The molecule has 164 valence electrons. The van der Waals surface area contributed by atoms with Crippen LogP contribution in [-0.4, -0.2) is 59.1 Å². The Balaban J connectivity index is 2.52. The minimum absolute atomic E-state index is 0.0750. The van der Waals surface area contributed by atoms with Crippen molar-refractivity contribution in [3.63, 3.8) is 0 Å². The van der Waals surface area contributed by atoms with Crippen molar-refractivity contribution in [3.8, 4) is 0 Å². The molecule has 1 aliphatic carbocycles. The molecule has 6 atom stereocenters. The van der Waals surface area contributed by atoms with E-state index in [4.69, 9.17) is 4.74 Å². The highest BCUT2D eigenvalue weighted by Crippen LogP contribution is 2.46. The van der Waals surface area contributed by atoms with E-state index in [0.717, 1.165) is 12.8 Å². The van der Waals surface area contributed by atoms with Gasteiger partial charge < -0.3 is 20.1 Å². The van der Waals surface area contributed by atoms with Gasteiger partial charge in [0.15, 0.2) is 0 Å². The molecule has 2 rings (SSSR count). The molecule has 0 radical (unpaired) electrons. The minimum atomic E-state index is -0.734. The Morgan fingerprint density at radius 1 is 1.24 bits per heavy atom. The standard InChI is InChI=1S/C22H36N2O5/c1-6-9-14-10-11-16-18(17(14)22(28)29-8-3)21(27)24(15(7-2)12-25)19(16)20(26)23-13(4)5/h10-11,13-19,25H,6-9,12H2,1-5H3,(H,23,26)/t14-,15+,16+,17-,18+,19+/m1/s1. The largest absolute Gasteiger partial charge is 0.466 e. The number of amides is 2. The molecule has 0 unspecified atom stereocenters. The maximum Gasteiger partial charge on any atom is 0.310 e. The summed E-state index contributed by atoms with van der Waals surface area (Å²) in [5, 5.41) is 12.8. The van der Waals surface area contributed by atoms with Crippen LogP contribution in [0.2, 0.25) is 0 Å². The second-order valence-corrected chi connectivity index (χ2v) is 8.32. The third-order valence-corrected chi connectivity index (χ3v) is 6.00. The van der Waals surface area contributed by atoms with E-state index in [0.29, 0.717) is 6.42 Å². The molecule has 2 amide bonds. The number of nitrogens with zero attached hydrogens (tertiary/aromatic N) is 1. The van der Waals surface area contributed by atoms with Gasteiger partial charge in [0.1, 0.15) is 6.04 Å². The Morgan fingerprint density at radius 2 is 1.93 bits per heavy atom. The number of ether oxygens (including phenoxy) is 1. The summed E-state index contributed by atoms with van der Waals surface area (Å²) in [5.74, 6) is -2.60. The molecular weight excluding hydrogens is 372 g/mol. The maximum atomic E-state index is 13.6. The van der Waals surface area contributed by atoms with Gasteiger partial charge in [0.25, 0.3) is 0 Å². The predicted octanol–water partition coefficient (Wildman–Crippen LogP) is 1.89. The van der Waals surface area contributed by atoms with Crippen molar-refractivity contribution in [2.45, 2.75) is 72.0 Å². The normalized spacial score (nSPS) is 29.7. The van der Waals surface area contributed by atoms with E-state index < -0.39 is 29.8 Å². The second-order valence-electron chi connectivity index (χ2n) is 8.32. The van der Waals surface area contributed by atoms with Crippen LogP contribution in [0.25, 0.3) is 0 Å². The number of carbonyl (C=O) groups excluding carboxylic acids is 3. The van der Waals surface area contributed by atoms with Crippen LogP contribution in [0.5, 0.6) is 0 Å². The van der Waals surface area contributed by atoms with Crippen molar-refractivity contribution in [2.75, 3.05) is 13.2 Å². The van der Waals surface area contributed by atoms with Crippen LogP contribution < -0.4 is 5.32 Å². The minimum Gasteiger partial charge on any atom is -0.466 e. The maximum absolute atomic E-state index is 13.6. The summed E-state index contributed by atoms with van der Waals surface area (Å²) in [6.07, 6.45) is 6.10. The van der Waals surface area contributed by atoms with Gasteiger partial charge in [0.2, 0.25) is 11.8 Å². The lowest BCUT2D eigenvalue weighted by Gasteiger charge is -2.34. The average molecular weight is 409 g/mol. The fourth-order valence-electron chi connectivity index (χ4n) is 4.79. The Morgan fingerprint density at radius 3 is 2.45 bits per heavy atom. The Hall–Kier alpha value is -1.89. The molecule has 0 aromatic carbocycles. The third-order valence-electron chi connectivity index (χ3n) is 6.00. The molecule has 0 aromatic rings. The number of aliphatic hydroxyl groups excluding tert-OH is 1. The number of hydrogen-bond acceptors (Lipinski definition) is 5. The number of likely N-dealkylation sites (tertiary alicyclic amines) is 1. The molecule has 1 fully saturated rings. The summed E-state index contributed by atoms with van der Waals surface area (Å²) in [6, 6.07) is -1.27. The van der Waals surface area contributed by atoms with Crippen molar-refractivity contribution >= 4 is 17.8 Å². The van der Waals surface area contributed by atoms with Crippen molar-refractivity contribution < 1.29 is 24.2 Å². The van der Waals surface area contributed by atoms with Crippen LogP contribution in [0.15, 0.2) is 12.2 Å². The quantitative estimate of drug-likeness (QED) is 0.449. The van der Waals surface area contributed by atoms with Crippen LogP contribution >= 0.6 is 0 Å². The van der Waals surface area contributed by atoms with Crippen LogP contribution in [-0.2, 0) is 19.1 Å². The number of fused-ring (bicyclic) bond motifs is 1. The van der Waals surface area contributed by atoms with Gasteiger partial charge in [-0.3, -0.25) is 14.4 Å². The number of rotatable bonds is 9. The molecule has 1 aliphatic heterocycles. The van der Waals surface area contributed by atoms with Gasteiger partial charge in [-0.1, -0.05) is 32.4 Å². The summed E-state index contributed by atoms with van der Waals surface area (Å²) < 4.78 is 5.33. The van der Waals surface area contributed by atoms with E-state index in [1.165, 1.54) is 4.90 Å². The van der Waals surface area contributed by atoms with Crippen LogP contribution in [0.1, 0.15) is 53.9 Å². The molecule has 1 heterocycles. The monoisotopic (exact) mass is 408 g/mol. The lowest BCUT2D eigenvalue weighted by atomic mass is 9.69.